The van der Waals surface area contributed by atoms with E-state index in [2.05, 4.69) is 10.3 Å². The van der Waals surface area contributed by atoms with Crippen molar-refractivity contribution in [3.05, 3.63) is 106 Å². The summed E-state index contributed by atoms with van der Waals surface area (Å²) in [5.41, 5.74) is -1.67. The molecule has 0 spiro atoms. The molecule has 2 atom stereocenters. The van der Waals surface area contributed by atoms with E-state index in [-0.39, 0.29) is 35.0 Å². The Morgan fingerprint density at radius 1 is 0.925 bits per heavy atom. The zero-order valence-electron chi connectivity index (χ0n) is 20.7. The number of carbonyl (C=O) groups is 1. The van der Waals surface area contributed by atoms with Gasteiger partial charge in [-0.1, -0.05) is 65.3 Å². The van der Waals surface area contributed by atoms with Crippen molar-refractivity contribution in [3.63, 3.8) is 0 Å². The standard InChI is InChI=1S/C28H21ClF6N4O/c29-22-10-5-4-9-21(22)23-11-6-12-38(23)26(40)24-25(18-7-2-1-3-8-18)39(37-36-24)16-17-13-19(27(30,31)32)15-20(14-17)28(33,34)35/h1-5,7-10,13-15,23H,6,11-12,16H2/p+1. The first-order valence-corrected chi connectivity index (χ1v) is 12.7. The molecule has 1 aliphatic heterocycles. The SMILES string of the molecule is O=C(c1nnn(Cc2cc(C(F)(F)F)cc(C(F)(F)F)c2)c1-c1ccccc1)[NH+]1CCCC1c1ccccc1Cl. The predicted molar refractivity (Wildman–Crippen MR) is 135 cm³/mol. The molecule has 1 aliphatic rings. The summed E-state index contributed by atoms with van der Waals surface area (Å²) in [5.74, 6) is -0.382. The lowest BCUT2D eigenvalue weighted by Gasteiger charge is -2.20. The molecule has 0 aliphatic carbocycles. The van der Waals surface area contributed by atoms with Gasteiger partial charge < -0.3 is 0 Å². The number of nitrogens with zero attached hydrogens (tertiary/aromatic N) is 3. The smallest absolute Gasteiger partial charge is 0.260 e. The number of hydrogen-bond acceptors (Lipinski definition) is 3. The lowest BCUT2D eigenvalue weighted by molar-refractivity contribution is -0.833. The van der Waals surface area contributed by atoms with Crippen LogP contribution >= 0.6 is 11.6 Å². The normalized spacial score (nSPS) is 17.8. The quantitative estimate of drug-likeness (QED) is 0.285. The molecule has 2 unspecified atom stereocenters. The van der Waals surface area contributed by atoms with Crippen LogP contribution < -0.4 is 4.90 Å². The van der Waals surface area contributed by atoms with Crippen LogP contribution in [-0.2, 0) is 18.9 Å². The van der Waals surface area contributed by atoms with Crippen molar-refractivity contribution in [2.24, 2.45) is 0 Å². The third kappa shape index (κ3) is 5.62. The van der Waals surface area contributed by atoms with Crippen molar-refractivity contribution in [2.75, 3.05) is 6.54 Å². The van der Waals surface area contributed by atoms with E-state index in [1.807, 2.05) is 12.1 Å². The fraction of sp³-hybridized carbons (Fsp3) is 0.250. The minimum Gasteiger partial charge on any atom is -0.260 e. The van der Waals surface area contributed by atoms with Crippen molar-refractivity contribution in [1.29, 1.82) is 0 Å². The Morgan fingerprint density at radius 2 is 1.55 bits per heavy atom. The highest BCUT2D eigenvalue weighted by Crippen LogP contribution is 2.37. The van der Waals surface area contributed by atoms with E-state index in [0.717, 1.165) is 16.7 Å². The molecule has 2 heterocycles. The Hall–Kier alpha value is -3.70. The molecule has 1 fully saturated rings. The van der Waals surface area contributed by atoms with Crippen molar-refractivity contribution >= 4 is 17.5 Å². The molecule has 1 amide bonds. The maximum Gasteiger partial charge on any atom is 0.416 e. The van der Waals surface area contributed by atoms with E-state index in [4.69, 9.17) is 11.6 Å². The molecule has 0 bridgehead atoms. The number of hydrogen-bond donors (Lipinski definition) is 1. The summed E-state index contributed by atoms with van der Waals surface area (Å²) in [6, 6.07) is 16.8. The van der Waals surface area contributed by atoms with Gasteiger partial charge in [0.1, 0.15) is 11.7 Å². The summed E-state index contributed by atoms with van der Waals surface area (Å²) >= 11 is 6.41. The van der Waals surface area contributed by atoms with Gasteiger partial charge in [0.05, 0.1) is 24.2 Å². The summed E-state index contributed by atoms with van der Waals surface area (Å²) in [4.78, 5) is 14.5. The van der Waals surface area contributed by atoms with Crippen molar-refractivity contribution < 1.29 is 36.0 Å². The Bertz CT molecular complexity index is 1500. The molecule has 1 N–H and O–H groups in total. The number of rotatable bonds is 5. The largest absolute Gasteiger partial charge is 0.416 e. The number of halogens is 7. The highest BCUT2D eigenvalue weighted by molar-refractivity contribution is 6.31. The van der Waals surface area contributed by atoms with E-state index in [1.165, 1.54) is 0 Å². The fourth-order valence-electron chi connectivity index (χ4n) is 5.11. The second kappa shape index (κ2) is 10.7. The van der Waals surface area contributed by atoms with Crippen LogP contribution in [0.5, 0.6) is 0 Å². The number of likely N-dealkylation sites (tertiary alicyclic amines) is 1. The average molecular weight is 580 g/mol. The Labute approximate surface area is 230 Å². The van der Waals surface area contributed by atoms with Crippen molar-refractivity contribution in [2.45, 2.75) is 37.8 Å². The topological polar surface area (TPSA) is 52.2 Å². The highest BCUT2D eigenvalue weighted by atomic mass is 35.5. The van der Waals surface area contributed by atoms with Crippen LogP contribution in [0.4, 0.5) is 26.3 Å². The molecule has 0 saturated carbocycles. The van der Waals surface area contributed by atoms with Crippen LogP contribution in [0.15, 0.2) is 72.8 Å². The number of quaternary nitrogens is 1. The van der Waals surface area contributed by atoms with E-state index in [0.29, 0.717) is 40.6 Å². The monoisotopic (exact) mass is 579 g/mol. The van der Waals surface area contributed by atoms with Gasteiger partial charge in [-0.05, 0) is 29.8 Å². The molecule has 208 valence electrons. The summed E-state index contributed by atoms with van der Waals surface area (Å²) in [5, 5.41) is 8.64. The molecule has 40 heavy (non-hydrogen) atoms. The number of aromatic nitrogens is 3. The average Bonchev–Trinajstić information content (AvgIpc) is 3.56. The molecule has 3 aromatic carbocycles. The highest BCUT2D eigenvalue weighted by Gasteiger charge is 2.41. The second-order valence-electron chi connectivity index (χ2n) is 9.55. The van der Waals surface area contributed by atoms with Gasteiger partial charge >= 0.3 is 18.3 Å². The van der Waals surface area contributed by atoms with Gasteiger partial charge in [-0.2, -0.15) is 26.3 Å². The Morgan fingerprint density at radius 3 is 2.17 bits per heavy atom. The number of benzene rings is 3. The molecule has 4 aromatic rings. The molecule has 5 rings (SSSR count). The maximum atomic E-state index is 13.9. The first-order chi connectivity index (χ1) is 18.9. The van der Waals surface area contributed by atoms with Crippen LogP contribution in [0.1, 0.15) is 51.6 Å². The van der Waals surface area contributed by atoms with Gasteiger partial charge in [0, 0.05) is 29.0 Å². The molecule has 12 heteroatoms. The Kier molecular flexibility index (Phi) is 7.45. The van der Waals surface area contributed by atoms with Crippen LogP contribution in [-0.4, -0.2) is 27.4 Å². The number of amides is 1. The van der Waals surface area contributed by atoms with E-state index in [1.54, 1.807) is 42.5 Å². The van der Waals surface area contributed by atoms with Gasteiger partial charge in [0.2, 0.25) is 5.69 Å². The molecule has 1 saturated heterocycles. The summed E-state index contributed by atoms with van der Waals surface area (Å²) in [6.45, 7) is 0.0270. The molecule has 0 radical (unpaired) electrons. The second-order valence-corrected chi connectivity index (χ2v) is 9.95. The predicted octanol–water partition coefficient (Wildman–Crippen LogP) is 6.24. The van der Waals surface area contributed by atoms with Crippen LogP contribution in [0, 0.1) is 0 Å². The third-order valence-corrected chi connectivity index (χ3v) is 7.25. The first-order valence-electron chi connectivity index (χ1n) is 12.4. The van der Waals surface area contributed by atoms with Crippen LogP contribution in [0.2, 0.25) is 5.02 Å². The molecular formula is C28H22ClF6N4O+. The minimum absolute atomic E-state index is 0.0248. The molecule has 5 nitrogen and oxygen atoms in total. The number of alkyl halides is 6. The lowest BCUT2D eigenvalue weighted by Crippen LogP contribution is -3.13. The molecule has 1 aromatic heterocycles. The van der Waals surface area contributed by atoms with Gasteiger partial charge in [-0.15, -0.1) is 5.10 Å². The van der Waals surface area contributed by atoms with Gasteiger partial charge in [-0.25, -0.2) is 9.48 Å². The zero-order chi connectivity index (χ0) is 28.7. The fourth-order valence-corrected chi connectivity index (χ4v) is 5.38. The third-order valence-electron chi connectivity index (χ3n) is 6.91. The van der Waals surface area contributed by atoms with Crippen molar-refractivity contribution in [1.82, 2.24) is 15.0 Å². The van der Waals surface area contributed by atoms with Gasteiger partial charge in [0.15, 0.2) is 0 Å². The van der Waals surface area contributed by atoms with E-state index in [9.17, 15) is 31.1 Å². The summed E-state index contributed by atoms with van der Waals surface area (Å²) < 4.78 is 81.9. The first kappa shape index (κ1) is 27.9. The van der Waals surface area contributed by atoms with E-state index < -0.39 is 30.0 Å². The van der Waals surface area contributed by atoms with Crippen LogP contribution in [0.25, 0.3) is 11.3 Å². The summed E-state index contributed by atoms with van der Waals surface area (Å²) in [7, 11) is 0. The summed E-state index contributed by atoms with van der Waals surface area (Å²) in [6.07, 6.45) is -8.54. The minimum atomic E-state index is -4.99. The number of nitrogens with one attached hydrogen (secondary N) is 1. The molecular weight excluding hydrogens is 558 g/mol. The maximum absolute atomic E-state index is 13.9. The lowest BCUT2D eigenvalue weighted by atomic mass is 10.0. The van der Waals surface area contributed by atoms with Crippen LogP contribution in [0.3, 0.4) is 0 Å². The Balaban J connectivity index is 1.57. The van der Waals surface area contributed by atoms with Crippen molar-refractivity contribution in [3.8, 4) is 11.3 Å². The number of carbonyl (C=O) groups excluding carboxylic acids is 1. The van der Waals surface area contributed by atoms with E-state index >= 15 is 0 Å². The van der Waals surface area contributed by atoms with Gasteiger partial charge in [-0.3, -0.25) is 4.90 Å². The zero-order valence-corrected chi connectivity index (χ0v) is 21.5. The van der Waals surface area contributed by atoms with Gasteiger partial charge in [0.25, 0.3) is 0 Å².